The smallest absolute Gasteiger partial charge is 0.161 e. The van der Waals surface area contributed by atoms with Gasteiger partial charge >= 0.3 is 0 Å². The van der Waals surface area contributed by atoms with E-state index in [9.17, 15) is 0 Å². The Bertz CT molecular complexity index is 571. The molecule has 0 radical (unpaired) electrons. The van der Waals surface area contributed by atoms with E-state index < -0.39 is 0 Å². The lowest BCUT2D eigenvalue weighted by molar-refractivity contribution is 1.07. The lowest BCUT2D eigenvalue weighted by Crippen LogP contribution is -2.10. The van der Waals surface area contributed by atoms with Crippen LogP contribution in [0.4, 0.5) is 11.6 Å². The summed E-state index contributed by atoms with van der Waals surface area (Å²) in [5, 5.41) is 4.37. The molecular weight excluding hydrogens is 204 g/mol. The summed E-state index contributed by atoms with van der Waals surface area (Å²) >= 11 is 0. The first-order valence-electron chi connectivity index (χ1n) is 4.71. The fraction of sp³-hybridized carbons (Fsp3) is 0.200. The maximum absolute atomic E-state index is 8.32. The molecule has 0 aliphatic rings. The van der Waals surface area contributed by atoms with Gasteiger partial charge in [0, 0.05) is 24.4 Å². The van der Waals surface area contributed by atoms with Gasteiger partial charge in [0.05, 0.1) is 0 Å². The predicted molar refractivity (Wildman–Crippen MR) is 62.7 cm³/mol. The molecule has 0 spiro atoms. The van der Waals surface area contributed by atoms with Crippen LogP contribution in [0.1, 0.15) is 0 Å². The predicted octanol–water partition coefficient (Wildman–Crippen LogP) is 2.64. The summed E-state index contributed by atoms with van der Waals surface area (Å²) in [6.07, 6.45) is 0. The van der Waals surface area contributed by atoms with Gasteiger partial charge in [0.15, 0.2) is 5.65 Å². The highest BCUT2D eigenvalue weighted by Crippen LogP contribution is 2.18. The van der Waals surface area contributed by atoms with E-state index >= 15 is 0 Å². The van der Waals surface area contributed by atoms with Crippen LogP contribution in [0.5, 0.6) is 0 Å². The van der Waals surface area contributed by atoms with Gasteiger partial charge in [-0.3, -0.25) is 0 Å². The highest BCUT2D eigenvalue weighted by molar-refractivity contribution is 5.77. The van der Waals surface area contributed by atoms with Crippen molar-refractivity contribution in [2.75, 3.05) is 19.0 Å². The van der Waals surface area contributed by atoms with Crippen LogP contribution in [-0.4, -0.2) is 24.1 Å². The van der Waals surface area contributed by atoms with Crippen molar-refractivity contribution in [1.29, 1.82) is 0 Å². The third-order valence-electron chi connectivity index (χ3n) is 2.13. The topological polar surface area (TPSA) is 77.8 Å². The van der Waals surface area contributed by atoms with Gasteiger partial charge < -0.3 is 4.90 Å². The van der Waals surface area contributed by atoms with E-state index in [-0.39, 0.29) is 0 Å². The molecule has 6 nitrogen and oxygen atoms in total. The maximum atomic E-state index is 8.32. The molecule has 0 N–H and O–H groups in total. The monoisotopic (exact) mass is 214 g/mol. The van der Waals surface area contributed by atoms with Crippen LogP contribution in [0.2, 0.25) is 0 Å². The molecule has 0 aromatic carbocycles. The molecule has 0 fully saturated rings. The van der Waals surface area contributed by atoms with Crippen LogP contribution in [-0.2, 0) is 0 Å². The highest BCUT2D eigenvalue weighted by atomic mass is 15.2. The largest absolute Gasteiger partial charge is 0.363 e. The minimum absolute atomic E-state index is 0.332. The molecule has 0 aliphatic carbocycles. The zero-order chi connectivity index (χ0) is 11.5. The van der Waals surface area contributed by atoms with Crippen LogP contribution in [0.3, 0.4) is 0 Å². The molecule has 2 aromatic heterocycles. The molecule has 2 rings (SSSR count). The molecular formula is C10H10N6. The van der Waals surface area contributed by atoms with Crippen LogP contribution in [0, 0.1) is 0 Å². The van der Waals surface area contributed by atoms with Crippen molar-refractivity contribution in [2.24, 2.45) is 5.11 Å². The van der Waals surface area contributed by atoms with Gasteiger partial charge in [0.25, 0.3) is 0 Å². The molecule has 16 heavy (non-hydrogen) atoms. The third kappa shape index (κ3) is 1.87. The zero-order valence-corrected chi connectivity index (χ0v) is 8.99. The minimum Gasteiger partial charge on any atom is -0.363 e. The van der Waals surface area contributed by atoms with Gasteiger partial charge in [-0.2, -0.15) is 0 Å². The number of hydrogen-bond acceptors (Lipinski definition) is 4. The van der Waals surface area contributed by atoms with Crippen molar-refractivity contribution in [3.8, 4) is 0 Å². The van der Waals surface area contributed by atoms with E-state index in [0.717, 1.165) is 11.2 Å². The molecule has 6 heteroatoms. The van der Waals surface area contributed by atoms with Crippen molar-refractivity contribution in [3.63, 3.8) is 0 Å². The molecule has 0 atom stereocenters. The summed E-state index contributed by atoms with van der Waals surface area (Å²) in [4.78, 5) is 13.1. The summed E-state index contributed by atoms with van der Waals surface area (Å²) in [6, 6.07) is 7.35. The first-order valence-corrected chi connectivity index (χ1v) is 4.71. The highest BCUT2D eigenvalue weighted by Gasteiger charge is 2.01. The summed E-state index contributed by atoms with van der Waals surface area (Å²) in [6.45, 7) is 0. The standard InChI is InChI=1S/C10H10N6/c1-16(2)9-6-4-7-3-5-8(14-15-11)12-10(7)13-9/h3-6H,1-2H3. The zero-order valence-electron chi connectivity index (χ0n) is 8.99. The van der Waals surface area contributed by atoms with Gasteiger partial charge in [-0.1, -0.05) is 0 Å². The van der Waals surface area contributed by atoms with Crippen LogP contribution < -0.4 is 4.90 Å². The maximum Gasteiger partial charge on any atom is 0.161 e. The number of rotatable bonds is 2. The molecule has 0 aliphatic heterocycles. The quantitative estimate of drug-likeness (QED) is 0.438. The molecule has 2 aromatic rings. The van der Waals surface area contributed by atoms with Crippen LogP contribution in [0.25, 0.3) is 21.5 Å². The Labute approximate surface area is 92.2 Å². The normalized spacial score (nSPS) is 9.88. The number of fused-ring (bicyclic) bond motifs is 1. The summed E-state index contributed by atoms with van der Waals surface area (Å²) in [5.41, 5.74) is 8.90. The van der Waals surface area contributed by atoms with Crippen molar-refractivity contribution >= 4 is 22.7 Å². The molecule has 0 amide bonds. The average Bonchev–Trinajstić information content (AvgIpc) is 2.28. The van der Waals surface area contributed by atoms with Gasteiger partial charge in [0.1, 0.15) is 11.6 Å². The molecule has 2 heterocycles. The Kier molecular flexibility index (Phi) is 2.57. The van der Waals surface area contributed by atoms with Gasteiger partial charge in [-0.25, -0.2) is 9.97 Å². The first kappa shape index (κ1) is 10.2. The SMILES string of the molecule is CN(C)c1ccc2ccc(N=[N+]=[N-])nc2n1. The van der Waals surface area contributed by atoms with E-state index in [1.165, 1.54) is 0 Å². The lowest BCUT2D eigenvalue weighted by Gasteiger charge is -2.11. The summed E-state index contributed by atoms with van der Waals surface area (Å²) in [5.74, 6) is 1.15. The number of aromatic nitrogens is 2. The van der Waals surface area contributed by atoms with Gasteiger partial charge in [-0.15, -0.1) is 0 Å². The van der Waals surface area contributed by atoms with E-state index in [1.54, 1.807) is 6.07 Å². The fourth-order valence-electron chi connectivity index (χ4n) is 1.33. The Hall–Kier alpha value is -2.33. The second-order valence-corrected chi connectivity index (χ2v) is 3.47. The van der Waals surface area contributed by atoms with Crippen LogP contribution in [0.15, 0.2) is 29.4 Å². The molecule has 0 saturated carbocycles. The number of azide groups is 1. The Morgan fingerprint density at radius 2 is 1.94 bits per heavy atom. The minimum atomic E-state index is 0.332. The molecule has 0 unspecified atom stereocenters. The van der Waals surface area contributed by atoms with Crippen LogP contribution >= 0.6 is 0 Å². The summed E-state index contributed by atoms with van der Waals surface area (Å²) in [7, 11) is 3.82. The lowest BCUT2D eigenvalue weighted by atomic mass is 10.3. The molecule has 0 bridgehead atoms. The average molecular weight is 214 g/mol. The number of pyridine rings is 2. The van der Waals surface area contributed by atoms with E-state index in [4.69, 9.17) is 5.53 Å². The Morgan fingerprint density at radius 1 is 1.19 bits per heavy atom. The molecule has 80 valence electrons. The summed E-state index contributed by atoms with van der Waals surface area (Å²) < 4.78 is 0. The fourth-order valence-corrected chi connectivity index (χ4v) is 1.33. The van der Waals surface area contributed by atoms with E-state index in [0.29, 0.717) is 11.5 Å². The number of anilines is 1. The number of hydrogen-bond donors (Lipinski definition) is 0. The Balaban J connectivity index is 2.60. The van der Waals surface area contributed by atoms with Crippen molar-refractivity contribution in [1.82, 2.24) is 9.97 Å². The van der Waals surface area contributed by atoms with Gasteiger partial charge in [-0.05, 0) is 34.9 Å². The van der Waals surface area contributed by atoms with E-state index in [1.807, 2.05) is 37.2 Å². The first-order chi connectivity index (χ1) is 7.70. The molecule has 0 saturated heterocycles. The van der Waals surface area contributed by atoms with Crippen molar-refractivity contribution in [3.05, 3.63) is 34.7 Å². The Morgan fingerprint density at radius 3 is 2.62 bits per heavy atom. The van der Waals surface area contributed by atoms with Crippen molar-refractivity contribution in [2.45, 2.75) is 0 Å². The van der Waals surface area contributed by atoms with Gasteiger partial charge in [0.2, 0.25) is 0 Å². The third-order valence-corrected chi connectivity index (χ3v) is 2.13. The second-order valence-electron chi connectivity index (χ2n) is 3.47. The van der Waals surface area contributed by atoms with Crippen molar-refractivity contribution < 1.29 is 0 Å². The van der Waals surface area contributed by atoms with E-state index in [2.05, 4.69) is 20.0 Å². The second kappa shape index (κ2) is 4.04. The number of nitrogens with zero attached hydrogens (tertiary/aromatic N) is 6.